The van der Waals surface area contributed by atoms with Crippen molar-refractivity contribution in [1.82, 2.24) is 5.32 Å². The van der Waals surface area contributed by atoms with Crippen LogP contribution in [-0.2, 0) is 6.54 Å². The minimum Gasteiger partial charge on any atom is -0.313 e. The Labute approximate surface area is 110 Å². The molecule has 0 amide bonds. The van der Waals surface area contributed by atoms with E-state index in [0.29, 0.717) is 12.1 Å². The van der Waals surface area contributed by atoms with Crippen molar-refractivity contribution in [3.8, 4) is 0 Å². The standard InChI is InChI=1S/C12H17FN2O2S/c1-18-8-3-2-7-14-9-10-5-4-6-11(12(10)13)15(16)17/h4-6,14H,2-3,7-9H2,1H3. The minimum absolute atomic E-state index is 0.326. The fourth-order valence-corrected chi connectivity index (χ4v) is 2.06. The van der Waals surface area contributed by atoms with Crippen molar-refractivity contribution in [3.05, 3.63) is 39.7 Å². The first kappa shape index (κ1) is 14.9. The molecule has 1 rings (SSSR count). The smallest absolute Gasteiger partial charge is 0.305 e. The van der Waals surface area contributed by atoms with Crippen LogP contribution in [0, 0.1) is 15.9 Å². The molecule has 0 aromatic heterocycles. The molecule has 0 radical (unpaired) electrons. The summed E-state index contributed by atoms with van der Waals surface area (Å²) in [6, 6.07) is 4.25. The largest absolute Gasteiger partial charge is 0.313 e. The molecular weight excluding hydrogens is 255 g/mol. The Kier molecular flexibility index (Phi) is 6.67. The first-order valence-electron chi connectivity index (χ1n) is 5.78. The van der Waals surface area contributed by atoms with Crippen LogP contribution in [0.15, 0.2) is 18.2 Å². The summed E-state index contributed by atoms with van der Waals surface area (Å²) in [6.07, 6.45) is 4.20. The van der Waals surface area contributed by atoms with Crippen LogP contribution >= 0.6 is 11.8 Å². The Hall–Kier alpha value is -1.14. The third kappa shape index (κ3) is 4.62. The maximum absolute atomic E-state index is 13.7. The summed E-state index contributed by atoms with van der Waals surface area (Å²) in [5, 5.41) is 13.7. The number of hydrogen-bond acceptors (Lipinski definition) is 4. The second kappa shape index (κ2) is 8.05. The van der Waals surface area contributed by atoms with Gasteiger partial charge in [0.05, 0.1) is 4.92 Å². The normalized spacial score (nSPS) is 10.6. The predicted octanol–water partition coefficient (Wildman–Crippen LogP) is 2.97. The van der Waals surface area contributed by atoms with Gasteiger partial charge in [-0.2, -0.15) is 16.2 Å². The average Bonchev–Trinajstić information content (AvgIpc) is 2.35. The monoisotopic (exact) mass is 272 g/mol. The van der Waals surface area contributed by atoms with Gasteiger partial charge in [-0.05, 0) is 31.4 Å². The number of nitrogens with one attached hydrogen (secondary N) is 1. The molecular formula is C12H17FN2O2S. The Morgan fingerprint density at radius 3 is 2.89 bits per heavy atom. The number of nitrogens with zero attached hydrogens (tertiary/aromatic N) is 1. The van der Waals surface area contributed by atoms with Gasteiger partial charge in [-0.3, -0.25) is 10.1 Å². The fourth-order valence-electron chi connectivity index (χ4n) is 1.56. The lowest BCUT2D eigenvalue weighted by molar-refractivity contribution is -0.387. The van der Waals surface area contributed by atoms with Gasteiger partial charge in [0.2, 0.25) is 5.82 Å². The van der Waals surface area contributed by atoms with Crippen LogP contribution in [0.2, 0.25) is 0 Å². The quantitative estimate of drug-likeness (QED) is 0.449. The first-order chi connectivity index (χ1) is 8.66. The molecule has 0 heterocycles. The number of rotatable bonds is 8. The second-order valence-corrected chi connectivity index (χ2v) is 4.87. The van der Waals surface area contributed by atoms with Crippen molar-refractivity contribution in [2.24, 2.45) is 0 Å². The van der Waals surface area contributed by atoms with Crippen LogP contribution in [0.5, 0.6) is 0 Å². The van der Waals surface area contributed by atoms with E-state index in [4.69, 9.17) is 0 Å². The maximum atomic E-state index is 13.7. The van der Waals surface area contributed by atoms with Gasteiger partial charge in [0.25, 0.3) is 0 Å². The maximum Gasteiger partial charge on any atom is 0.305 e. The Balaban J connectivity index is 2.43. The Morgan fingerprint density at radius 2 is 2.22 bits per heavy atom. The van der Waals surface area contributed by atoms with Crippen LogP contribution < -0.4 is 5.32 Å². The van der Waals surface area contributed by atoms with Crippen LogP contribution in [0.3, 0.4) is 0 Å². The number of thioether (sulfide) groups is 1. The Bertz CT molecular complexity index is 402. The molecule has 0 fully saturated rings. The van der Waals surface area contributed by atoms with Crippen LogP contribution in [-0.4, -0.2) is 23.5 Å². The molecule has 100 valence electrons. The zero-order valence-corrected chi connectivity index (χ0v) is 11.1. The highest BCUT2D eigenvalue weighted by Gasteiger charge is 2.16. The van der Waals surface area contributed by atoms with Crippen molar-refractivity contribution < 1.29 is 9.31 Å². The molecule has 0 bridgehead atoms. The van der Waals surface area contributed by atoms with Gasteiger partial charge in [-0.1, -0.05) is 12.1 Å². The van der Waals surface area contributed by atoms with Crippen LogP contribution in [0.25, 0.3) is 0 Å². The third-order valence-electron chi connectivity index (χ3n) is 2.52. The molecule has 0 aliphatic heterocycles. The topological polar surface area (TPSA) is 55.2 Å². The SMILES string of the molecule is CSCCCCNCc1cccc([N+](=O)[O-])c1F. The summed E-state index contributed by atoms with van der Waals surface area (Å²) in [7, 11) is 0. The average molecular weight is 272 g/mol. The van der Waals surface area contributed by atoms with Gasteiger partial charge in [0.15, 0.2) is 0 Å². The highest BCUT2D eigenvalue weighted by molar-refractivity contribution is 7.98. The summed E-state index contributed by atoms with van der Waals surface area (Å²) in [5.74, 6) is 0.381. The van der Waals surface area contributed by atoms with Crippen molar-refractivity contribution in [3.63, 3.8) is 0 Å². The molecule has 0 unspecified atom stereocenters. The highest BCUT2D eigenvalue weighted by Crippen LogP contribution is 2.19. The van der Waals surface area contributed by atoms with Gasteiger partial charge in [0.1, 0.15) is 0 Å². The van der Waals surface area contributed by atoms with Crippen molar-refractivity contribution in [2.75, 3.05) is 18.6 Å². The zero-order valence-electron chi connectivity index (χ0n) is 10.3. The summed E-state index contributed by atoms with van der Waals surface area (Å²) in [4.78, 5) is 9.87. The van der Waals surface area contributed by atoms with Gasteiger partial charge in [0, 0.05) is 18.2 Å². The summed E-state index contributed by atoms with van der Waals surface area (Å²) in [6.45, 7) is 1.12. The van der Waals surface area contributed by atoms with Gasteiger partial charge >= 0.3 is 5.69 Å². The van der Waals surface area contributed by atoms with E-state index in [0.717, 1.165) is 25.1 Å². The van der Waals surface area contributed by atoms with Crippen molar-refractivity contribution in [2.45, 2.75) is 19.4 Å². The summed E-state index contributed by atoms with van der Waals surface area (Å²) in [5.41, 5.74) is -0.120. The number of unbranched alkanes of at least 4 members (excludes halogenated alkanes) is 1. The first-order valence-corrected chi connectivity index (χ1v) is 7.17. The van der Waals surface area contributed by atoms with E-state index in [1.165, 1.54) is 12.1 Å². The molecule has 0 atom stereocenters. The van der Waals surface area contributed by atoms with Crippen LogP contribution in [0.1, 0.15) is 18.4 Å². The van der Waals surface area contributed by atoms with Crippen molar-refractivity contribution in [1.29, 1.82) is 0 Å². The molecule has 6 heteroatoms. The zero-order chi connectivity index (χ0) is 13.4. The molecule has 1 aromatic rings. The van der Waals surface area contributed by atoms with Gasteiger partial charge in [-0.15, -0.1) is 0 Å². The van der Waals surface area contributed by atoms with E-state index in [2.05, 4.69) is 11.6 Å². The van der Waals surface area contributed by atoms with E-state index in [1.807, 2.05) is 0 Å². The Morgan fingerprint density at radius 1 is 1.44 bits per heavy atom. The molecule has 0 saturated carbocycles. The molecule has 0 saturated heterocycles. The fraction of sp³-hybridized carbons (Fsp3) is 0.500. The number of benzene rings is 1. The molecule has 0 aliphatic rings. The van der Waals surface area contributed by atoms with Gasteiger partial charge in [-0.25, -0.2) is 0 Å². The molecule has 18 heavy (non-hydrogen) atoms. The molecule has 1 N–H and O–H groups in total. The van der Waals surface area contributed by atoms with E-state index < -0.39 is 16.4 Å². The lowest BCUT2D eigenvalue weighted by Gasteiger charge is -2.06. The van der Waals surface area contributed by atoms with E-state index in [9.17, 15) is 14.5 Å². The molecule has 0 spiro atoms. The highest BCUT2D eigenvalue weighted by atomic mass is 32.2. The van der Waals surface area contributed by atoms with Crippen LogP contribution in [0.4, 0.5) is 10.1 Å². The second-order valence-electron chi connectivity index (χ2n) is 3.88. The van der Waals surface area contributed by atoms with Gasteiger partial charge < -0.3 is 5.32 Å². The van der Waals surface area contributed by atoms with E-state index in [1.54, 1.807) is 17.8 Å². The lowest BCUT2D eigenvalue weighted by atomic mass is 10.2. The molecule has 0 aliphatic carbocycles. The number of nitro groups is 1. The molecule has 1 aromatic carbocycles. The van der Waals surface area contributed by atoms with Crippen molar-refractivity contribution >= 4 is 17.4 Å². The van der Waals surface area contributed by atoms with E-state index in [-0.39, 0.29) is 0 Å². The number of hydrogen-bond donors (Lipinski definition) is 1. The lowest BCUT2D eigenvalue weighted by Crippen LogP contribution is -2.16. The number of halogens is 1. The summed E-state index contributed by atoms with van der Waals surface area (Å²) >= 11 is 1.80. The predicted molar refractivity (Wildman–Crippen MR) is 72.4 cm³/mol. The third-order valence-corrected chi connectivity index (χ3v) is 3.22. The summed E-state index contributed by atoms with van der Waals surface area (Å²) < 4.78 is 13.7. The molecule has 4 nitrogen and oxygen atoms in total. The number of nitro benzene ring substituents is 1. The minimum atomic E-state index is -0.737. The van der Waals surface area contributed by atoms with E-state index >= 15 is 0 Å².